The zero-order valence-corrected chi connectivity index (χ0v) is 7.86. The number of rotatable bonds is 4. The molecule has 0 unspecified atom stereocenters. The van der Waals surface area contributed by atoms with Crippen molar-refractivity contribution in [3.05, 3.63) is 0 Å². The van der Waals surface area contributed by atoms with Crippen LogP contribution in [0.25, 0.3) is 0 Å². The molecular weight excluding hydrogens is 124 g/mol. The third-order valence-electron chi connectivity index (χ3n) is 1.88. The molecule has 0 atom stereocenters. The van der Waals surface area contributed by atoms with Gasteiger partial charge in [0.2, 0.25) is 0 Å². The van der Waals surface area contributed by atoms with Crippen molar-refractivity contribution in [2.45, 2.75) is 26.3 Å². The first kappa shape index (κ1) is 9.92. The second-order valence-electron chi connectivity index (χ2n) is 3.46. The predicted molar refractivity (Wildman–Crippen MR) is 46.3 cm³/mol. The average Bonchev–Trinajstić information content (AvgIpc) is 1.87. The van der Waals surface area contributed by atoms with Gasteiger partial charge in [-0.15, -0.1) is 0 Å². The maximum Gasteiger partial charge on any atom is 0.0249 e. The third kappa shape index (κ3) is 3.85. The van der Waals surface area contributed by atoms with Gasteiger partial charge in [-0.1, -0.05) is 6.92 Å². The molecular formula is C8H20N2. The Balaban J connectivity index is 3.64. The summed E-state index contributed by atoms with van der Waals surface area (Å²) in [7, 11) is 4.14. The van der Waals surface area contributed by atoms with E-state index >= 15 is 0 Å². The molecule has 0 amide bonds. The Kier molecular flexibility index (Phi) is 3.91. The van der Waals surface area contributed by atoms with Gasteiger partial charge in [0.15, 0.2) is 0 Å². The molecule has 0 aliphatic heterocycles. The van der Waals surface area contributed by atoms with Gasteiger partial charge in [0.05, 0.1) is 0 Å². The zero-order valence-electron chi connectivity index (χ0n) is 7.86. The highest BCUT2D eigenvalue weighted by molar-refractivity contribution is 4.78. The van der Waals surface area contributed by atoms with Gasteiger partial charge >= 0.3 is 0 Å². The van der Waals surface area contributed by atoms with Gasteiger partial charge in [0.1, 0.15) is 0 Å². The lowest BCUT2D eigenvalue weighted by Crippen LogP contribution is -2.46. The normalized spacial score (nSPS) is 12.6. The molecule has 0 saturated carbocycles. The quantitative estimate of drug-likeness (QED) is 0.631. The molecule has 2 heteroatoms. The minimum Gasteiger partial charge on any atom is -0.314 e. The summed E-state index contributed by atoms with van der Waals surface area (Å²) in [5.74, 6) is 0. The van der Waals surface area contributed by atoms with E-state index in [0.717, 1.165) is 13.1 Å². The second kappa shape index (κ2) is 3.94. The summed E-state index contributed by atoms with van der Waals surface area (Å²) in [6, 6.07) is 0. The number of nitrogens with one attached hydrogen (secondary N) is 1. The molecule has 0 rings (SSSR count). The average molecular weight is 144 g/mol. The van der Waals surface area contributed by atoms with Crippen LogP contribution in [0, 0.1) is 0 Å². The van der Waals surface area contributed by atoms with Crippen molar-refractivity contribution in [1.29, 1.82) is 0 Å². The Labute approximate surface area is 64.6 Å². The molecule has 0 aliphatic carbocycles. The van der Waals surface area contributed by atoms with Crippen molar-refractivity contribution in [1.82, 2.24) is 10.2 Å². The summed E-state index contributed by atoms with van der Waals surface area (Å²) in [5.41, 5.74) is 0.241. The highest BCUT2D eigenvalue weighted by Crippen LogP contribution is 2.01. The predicted octanol–water partition coefficient (Wildman–Crippen LogP) is 0.936. The fourth-order valence-corrected chi connectivity index (χ4v) is 0.866. The van der Waals surface area contributed by atoms with E-state index in [1.165, 1.54) is 0 Å². The van der Waals surface area contributed by atoms with Gasteiger partial charge in [-0.25, -0.2) is 0 Å². The van der Waals surface area contributed by atoms with Gasteiger partial charge in [-0.2, -0.15) is 0 Å². The van der Waals surface area contributed by atoms with E-state index < -0.39 is 0 Å². The van der Waals surface area contributed by atoms with Gasteiger partial charge < -0.3 is 10.2 Å². The van der Waals surface area contributed by atoms with E-state index in [0.29, 0.717) is 0 Å². The highest BCUT2D eigenvalue weighted by Gasteiger charge is 2.15. The Hall–Kier alpha value is -0.0800. The van der Waals surface area contributed by atoms with Crippen LogP contribution in [0.1, 0.15) is 20.8 Å². The first-order valence-electron chi connectivity index (χ1n) is 3.89. The zero-order chi connectivity index (χ0) is 8.20. The molecule has 0 aliphatic rings. The van der Waals surface area contributed by atoms with Crippen LogP contribution in [0.15, 0.2) is 0 Å². The summed E-state index contributed by atoms with van der Waals surface area (Å²) in [6.45, 7) is 8.80. The van der Waals surface area contributed by atoms with Crippen LogP contribution in [-0.2, 0) is 0 Å². The van der Waals surface area contributed by atoms with Crippen molar-refractivity contribution >= 4 is 0 Å². The molecule has 10 heavy (non-hydrogen) atoms. The summed E-state index contributed by atoms with van der Waals surface area (Å²) < 4.78 is 0. The summed E-state index contributed by atoms with van der Waals surface area (Å²) in [4.78, 5) is 2.30. The van der Waals surface area contributed by atoms with Crippen molar-refractivity contribution in [3.8, 4) is 0 Å². The molecule has 0 spiro atoms. The number of hydrogen-bond donors (Lipinski definition) is 1. The third-order valence-corrected chi connectivity index (χ3v) is 1.88. The van der Waals surface area contributed by atoms with Gasteiger partial charge in [-0.3, -0.25) is 0 Å². The van der Waals surface area contributed by atoms with Gasteiger partial charge in [0.25, 0.3) is 0 Å². The van der Waals surface area contributed by atoms with E-state index in [1.54, 1.807) is 0 Å². The number of likely N-dealkylation sites (N-methyl/N-ethyl adjacent to an activating group) is 2. The van der Waals surface area contributed by atoms with Crippen molar-refractivity contribution in [2.75, 3.05) is 27.2 Å². The van der Waals surface area contributed by atoms with Crippen LogP contribution < -0.4 is 5.32 Å². The maximum absolute atomic E-state index is 3.26. The topological polar surface area (TPSA) is 15.3 Å². The van der Waals surface area contributed by atoms with Gasteiger partial charge in [0, 0.05) is 12.1 Å². The lowest BCUT2D eigenvalue weighted by atomic mass is 10.1. The SMILES string of the molecule is CCN(C)CC(C)(C)NC. The standard InChI is InChI=1S/C8H20N2/c1-6-10(5)7-8(2,3)9-4/h9H,6-7H2,1-5H3. The fraction of sp³-hybridized carbons (Fsp3) is 1.00. The Morgan fingerprint density at radius 2 is 1.90 bits per heavy atom. The molecule has 0 fully saturated rings. The van der Waals surface area contributed by atoms with Crippen molar-refractivity contribution in [2.24, 2.45) is 0 Å². The highest BCUT2D eigenvalue weighted by atomic mass is 15.1. The summed E-state index contributed by atoms with van der Waals surface area (Å²) >= 11 is 0. The smallest absolute Gasteiger partial charge is 0.0249 e. The molecule has 0 aromatic rings. The lowest BCUT2D eigenvalue weighted by molar-refractivity contribution is 0.254. The van der Waals surface area contributed by atoms with Crippen LogP contribution in [-0.4, -0.2) is 37.6 Å². The Morgan fingerprint density at radius 3 is 2.20 bits per heavy atom. The van der Waals surface area contributed by atoms with Gasteiger partial charge in [-0.05, 0) is 34.5 Å². The number of hydrogen-bond acceptors (Lipinski definition) is 2. The lowest BCUT2D eigenvalue weighted by Gasteiger charge is -2.29. The monoisotopic (exact) mass is 144 g/mol. The maximum atomic E-state index is 3.26. The first-order chi connectivity index (χ1) is 4.52. The molecule has 0 radical (unpaired) electrons. The summed E-state index contributed by atoms with van der Waals surface area (Å²) in [6.07, 6.45) is 0. The summed E-state index contributed by atoms with van der Waals surface area (Å²) in [5, 5.41) is 3.26. The van der Waals surface area contributed by atoms with E-state index in [1.807, 2.05) is 7.05 Å². The Morgan fingerprint density at radius 1 is 1.40 bits per heavy atom. The fourth-order valence-electron chi connectivity index (χ4n) is 0.866. The first-order valence-corrected chi connectivity index (χ1v) is 3.89. The van der Waals surface area contributed by atoms with Crippen LogP contribution in [0.4, 0.5) is 0 Å². The van der Waals surface area contributed by atoms with E-state index in [9.17, 15) is 0 Å². The molecule has 1 N–H and O–H groups in total. The van der Waals surface area contributed by atoms with Crippen LogP contribution in [0.2, 0.25) is 0 Å². The van der Waals surface area contributed by atoms with Crippen LogP contribution in [0.3, 0.4) is 0 Å². The van der Waals surface area contributed by atoms with Crippen LogP contribution in [0.5, 0.6) is 0 Å². The largest absolute Gasteiger partial charge is 0.314 e. The second-order valence-corrected chi connectivity index (χ2v) is 3.46. The molecule has 0 bridgehead atoms. The molecule has 62 valence electrons. The molecule has 0 heterocycles. The molecule has 0 saturated heterocycles. The number of nitrogens with zero attached hydrogens (tertiary/aromatic N) is 1. The Bertz CT molecular complexity index is 89.3. The van der Waals surface area contributed by atoms with E-state index in [2.05, 4.69) is 38.0 Å². The van der Waals surface area contributed by atoms with Crippen LogP contribution >= 0.6 is 0 Å². The molecule has 0 aromatic carbocycles. The molecule has 0 aromatic heterocycles. The minimum atomic E-state index is 0.241. The van der Waals surface area contributed by atoms with E-state index in [-0.39, 0.29) is 5.54 Å². The van der Waals surface area contributed by atoms with E-state index in [4.69, 9.17) is 0 Å². The van der Waals surface area contributed by atoms with Crippen molar-refractivity contribution < 1.29 is 0 Å². The minimum absolute atomic E-state index is 0.241. The molecule has 2 nitrogen and oxygen atoms in total. The van der Waals surface area contributed by atoms with Crippen molar-refractivity contribution in [3.63, 3.8) is 0 Å².